The summed E-state index contributed by atoms with van der Waals surface area (Å²) in [5.41, 5.74) is 0. The van der Waals surface area contributed by atoms with Gasteiger partial charge >= 0.3 is 0 Å². The first kappa shape index (κ1) is 22.8. The van der Waals surface area contributed by atoms with Gasteiger partial charge in [-0.25, -0.2) is 0 Å². The Bertz CT molecular complexity index is 248. The fourth-order valence-corrected chi connectivity index (χ4v) is 1.93. The lowest BCUT2D eigenvalue weighted by atomic mass is 10.2. The highest BCUT2D eigenvalue weighted by Gasteiger charge is 2.10. The number of hydrogen-bond acceptors (Lipinski definition) is 5. The van der Waals surface area contributed by atoms with Crippen molar-refractivity contribution in [3.05, 3.63) is 0 Å². The lowest BCUT2D eigenvalue weighted by Crippen LogP contribution is -2.27. The van der Waals surface area contributed by atoms with Crippen LogP contribution >= 0.6 is 0 Å². The summed E-state index contributed by atoms with van der Waals surface area (Å²) in [4.78, 5) is 0. The van der Waals surface area contributed by atoms with E-state index in [2.05, 4.69) is 6.92 Å². The van der Waals surface area contributed by atoms with Crippen LogP contribution in [0.5, 0.6) is 0 Å². The topological polar surface area (TPSA) is 57.2 Å². The van der Waals surface area contributed by atoms with Crippen LogP contribution in [0, 0.1) is 0 Å². The number of hydrogen-bond donors (Lipinski definition) is 1. The molecular formula is C18H38O5. The van der Waals surface area contributed by atoms with Crippen molar-refractivity contribution < 1.29 is 24.1 Å². The van der Waals surface area contributed by atoms with Crippen molar-refractivity contribution in [2.75, 3.05) is 33.0 Å². The molecule has 0 heterocycles. The molecule has 0 aromatic heterocycles. The maximum absolute atomic E-state index is 9.16. The van der Waals surface area contributed by atoms with Gasteiger partial charge in [0.1, 0.15) is 0 Å². The van der Waals surface area contributed by atoms with E-state index < -0.39 is 6.10 Å². The van der Waals surface area contributed by atoms with E-state index in [1.807, 2.05) is 20.8 Å². The second kappa shape index (κ2) is 15.3. The van der Waals surface area contributed by atoms with E-state index in [1.165, 1.54) is 19.3 Å². The molecule has 0 radical (unpaired) electrons. The normalized spacial score (nSPS) is 17.0. The first-order chi connectivity index (χ1) is 11.0. The first-order valence-electron chi connectivity index (χ1n) is 9.06. The molecule has 0 fully saturated rings. The van der Waals surface area contributed by atoms with Gasteiger partial charge in [-0.2, -0.15) is 0 Å². The minimum absolute atomic E-state index is 0.0135. The van der Waals surface area contributed by atoms with Gasteiger partial charge in [-0.15, -0.1) is 0 Å². The van der Waals surface area contributed by atoms with E-state index in [4.69, 9.17) is 24.1 Å². The molecule has 0 aliphatic rings. The molecule has 0 rings (SSSR count). The molecule has 0 amide bonds. The summed E-state index contributed by atoms with van der Waals surface area (Å²) in [5.74, 6) is 0. The van der Waals surface area contributed by atoms with Gasteiger partial charge in [0.05, 0.1) is 50.8 Å². The van der Waals surface area contributed by atoms with Crippen LogP contribution < -0.4 is 0 Å². The second-order valence-electron chi connectivity index (χ2n) is 6.42. The molecule has 0 aliphatic carbocycles. The number of ether oxygens (including phenoxy) is 4. The van der Waals surface area contributed by atoms with Crippen LogP contribution in [-0.4, -0.2) is 62.6 Å². The molecule has 0 bridgehead atoms. The van der Waals surface area contributed by atoms with Gasteiger partial charge in [0.2, 0.25) is 0 Å². The van der Waals surface area contributed by atoms with E-state index in [0.717, 1.165) is 13.0 Å². The van der Waals surface area contributed by atoms with Gasteiger partial charge in [-0.1, -0.05) is 26.2 Å². The third kappa shape index (κ3) is 16.4. The van der Waals surface area contributed by atoms with Gasteiger partial charge < -0.3 is 24.1 Å². The van der Waals surface area contributed by atoms with Gasteiger partial charge in [0, 0.05) is 6.61 Å². The maximum atomic E-state index is 9.16. The predicted octanol–water partition coefficient (Wildman–Crippen LogP) is 3.18. The van der Waals surface area contributed by atoms with Crippen molar-refractivity contribution in [2.24, 2.45) is 0 Å². The Hall–Kier alpha value is -0.200. The average molecular weight is 334 g/mol. The summed E-state index contributed by atoms with van der Waals surface area (Å²) in [6.07, 6.45) is 4.52. The summed E-state index contributed by atoms with van der Waals surface area (Å²) >= 11 is 0. The standard InChI is InChI=1S/C18H38O5/c1-6-7-8-9-10-20-12-16(3)22-14-18(5)23-13-17(4)21-11-15(2)19/h15-19H,6-14H2,1-5H3. The Morgan fingerprint density at radius 2 is 1.22 bits per heavy atom. The van der Waals surface area contributed by atoms with Crippen molar-refractivity contribution in [3.8, 4) is 0 Å². The monoisotopic (exact) mass is 334 g/mol. The second-order valence-corrected chi connectivity index (χ2v) is 6.42. The van der Waals surface area contributed by atoms with Gasteiger partial charge in [-0.05, 0) is 34.1 Å². The number of aliphatic hydroxyl groups is 1. The van der Waals surface area contributed by atoms with E-state index in [-0.39, 0.29) is 18.3 Å². The van der Waals surface area contributed by atoms with E-state index in [1.54, 1.807) is 6.92 Å². The molecular weight excluding hydrogens is 296 g/mol. The Balaban J connectivity index is 3.50. The summed E-state index contributed by atoms with van der Waals surface area (Å²) in [5, 5.41) is 9.16. The summed E-state index contributed by atoms with van der Waals surface area (Å²) in [6, 6.07) is 0. The molecule has 0 spiro atoms. The van der Waals surface area contributed by atoms with Gasteiger partial charge in [0.15, 0.2) is 0 Å². The molecule has 5 heteroatoms. The van der Waals surface area contributed by atoms with Gasteiger partial charge in [0.25, 0.3) is 0 Å². The van der Waals surface area contributed by atoms with Crippen LogP contribution in [0.15, 0.2) is 0 Å². The minimum atomic E-state index is -0.443. The largest absolute Gasteiger partial charge is 0.391 e. The molecule has 0 aromatic carbocycles. The highest BCUT2D eigenvalue weighted by Crippen LogP contribution is 2.03. The molecule has 1 N–H and O–H groups in total. The lowest BCUT2D eigenvalue weighted by molar-refractivity contribution is -0.0867. The smallest absolute Gasteiger partial charge is 0.0781 e. The molecule has 0 aliphatic heterocycles. The highest BCUT2D eigenvalue weighted by atomic mass is 16.6. The average Bonchev–Trinajstić information content (AvgIpc) is 2.52. The van der Waals surface area contributed by atoms with E-state index in [9.17, 15) is 0 Å². The van der Waals surface area contributed by atoms with Crippen LogP contribution in [0.2, 0.25) is 0 Å². The summed E-state index contributed by atoms with van der Waals surface area (Å²) in [6.45, 7) is 12.7. The van der Waals surface area contributed by atoms with Crippen molar-refractivity contribution in [3.63, 3.8) is 0 Å². The van der Waals surface area contributed by atoms with Crippen LogP contribution in [0.1, 0.15) is 60.3 Å². The number of aliphatic hydroxyl groups excluding tert-OH is 1. The highest BCUT2D eigenvalue weighted by molar-refractivity contribution is 4.56. The summed E-state index contributed by atoms with van der Waals surface area (Å²) in [7, 11) is 0. The van der Waals surface area contributed by atoms with Crippen molar-refractivity contribution in [1.82, 2.24) is 0 Å². The minimum Gasteiger partial charge on any atom is -0.391 e. The molecule has 0 saturated heterocycles. The maximum Gasteiger partial charge on any atom is 0.0781 e. The van der Waals surface area contributed by atoms with Crippen molar-refractivity contribution in [2.45, 2.75) is 84.7 Å². The zero-order valence-electron chi connectivity index (χ0n) is 15.8. The van der Waals surface area contributed by atoms with E-state index in [0.29, 0.717) is 26.4 Å². The Kier molecular flexibility index (Phi) is 15.2. The fraction of sp³-hybridized carbons (Fsp3) is 1.00. The predicted molar refractivity (Wildman–Crippen MR) is 92.9 cm³/mol. The zero-order chi connectivity index (χ0) is 17.5. The number of rotatable bonds is 16. The van der Waals surface area contributed by atoms with Gasteiger partial charge in [-0.3, -0.25) is 0 Å². The summed E-state index contributed by atoms with van der Waals surface area (Å²) < 4.78 is 22.5. The van der Waals surface area contributed by atoms with Crippen molar-refractivity contribution in [1.29, 1.82) is 0 Å². The molecule has 4 atom stereocenters. The van der Waals surface area contributed by atoms with Crippen molar-refractivity contribution >= 4 is 0 Å². The third-order valence-corrected chi connectivity index (χ3v) is 3.35. The number of unbranched alkanes of at least 4 members (excludes halogenated alkanes) is 3. The van der Waals surface area contributed by atoms with Crippen LogP contribution in [-0.2, 0) is 18.9 Å². The van der Waals surface area contributed by atoms with Crippen LogP contribution in [0.4, 0.5) is 0 Å². The van der Waals surface area contributed by atoms with Crippen LogP contribution in [0.25, 0.3) is 0 Å². The molecule has 0 aromatic rings. The molecule has 23 heavy (non-hydrogen) atoms. The first-order valence-corrected chi connectivity index (χ1v) is 9.06. The lowest BCUT2D eigenvalue weighted by Gasteiger charge is -2.20. The quantitative estimate of drug-likeness (QED) is 0.439. The SMILES string of the molecule is CCCCCCOCC(C)OCC(C)OCC(C)OCC(C)O. The Morgan fingerprint density at radius 1 is 0.696 bits per heavy atom. The fourth-order valence-electron chi connectivity index (χ4n) is 1.93. The Labute approximate surface area is 142 Å². The molecule has 140 valence electrons. The molecule has 5 nitrogen and oxygen atoms in total. The van der Waals surface area contributed by atoms with Crippen LogP contribution in [0.3, 0.4) is 0 Å². The Morgan fingerprint density at radius 3 is 1.74 bits per heavy atom. The van der Waals surface area contributed by atoms with E-state index >= 15 is 0 Å². The molecule has 4 unspecified atom stereocenters. The molecule has 0 saturated carbocycles. The zero-order valence-corrected chi connectivity index (χ0v) is 15.8. The third-order valence-electron chi connectivity index (χ3n) is 3.35.